The first kappa shape index (κ1) is 46.2. The number of carbonyl (C=O) groups excluding carboxylic acids is 4. The van der Waals surface area contributed by atoms with Crippen molar-refractivity contribution in [3.8, 4) is 17.2 Å². The molecule has 22 heteroatoms. The van der Waals surface area contributed by atoms with Crippen molar-refractivity contribution >= 4 is 34.2 Å². The zero-order valence-corrected chi connectivity index (χ0v) is 32.6. The summed E-state index contributed by atoms with van der Waals surface area (Å²) < 4.78 is 79.9. The Bertz CT molecular complexity index is 1780. The molecule has 3 rings (SSSR count). The zero-order chi connectivity index (χ0) is 41.6. The summed E-state index contributed by atoms with van der Waals surface area (Å²) in [6, 6.07) is 11.8. The monoisotopic (exact) mass is 826 g/mol. The van der Waals surface area contributed by atoms with E-state index in [1.807, 2.05) is 0 Å². The molecule has 21 nitrogen and oxygen atoms in total. The van der Waals surface area contributed by atoms with Gasteiger partial charge in [0.05, 0.1) is 52.8 Å². The minimum absolute atomic E-state index is 0.0118. The Hall–Kier alpha value is -5.22. The lowest BCUT2D eigenvalue weighted by molar-refractivity contribution is -0.288. The van der Waals surface area contributed by atoms with Gasteiger partial charge in [0.15, 0.2) is 23.7 Å². The molecule has 314 valence electrons. The predicted molar refractivity (Wildman–Crippen MR) is 195 cm³/mol. The highest BCUT2D eigenvalue weighted by Crippen LogP contribution is 2.35. The molecule has 0 spiro atoms. The summed E-state index contributed by atoms with van der Waals surface area (Å²) in [7, 11) is -4.09. The molecule has 1 fully saturated rings. The summed E-state index contributed by atoms with van der Waals surface area (Å²) in [4.78, 5) is 51.0. The number of azide groups is 1. The van der Waals surface area contributed by atoms with Gasteiger partial charge in [0.2, 0.25) is 12.4 Å². The van der Waals surface area contributed by atoms with E-state index in [0.717, 1.165) is 27.7 Å². The van der Waals surface area contributed by atoms with Crippen molar-refractivity contribution in [1.82, 2.24) is 0 Å². The number of carbonyl (C=O) groups is 4. The summed E-state index contributed by atoms with van der Waals surface area (Å²) >= 11 is 0. The fourth-order valence-electron chi connectivity index (χ4n) is 4.89. The number of esters is 4. The van der Waals surface area contributed by atoms with Gasteiger partial charge in [0, 0.05) is 39.2 Å². The molecule has 1 saturated heterocycles. The molecule has 1 N–H and O–H groups in total. The lowest BCUT2D eigenvalue weighted by atomic mass is 9.98. The van der Waals surface area contributed by atoms with Gasteiger partial charge >= 0.3 is 34.2 Å². The van der Waals surface area contributed by atoms with Crippen LogP contribution < -0.4 is 13.1 Å². The Kier molecular flexibility index (Phi) is 19.8. The Morgan fingerprint density at radius 2 is 1.30 bits per heavy atom. The zero-order valence-electron chi connectivity index (χ0n) is 31.8. The first-order valence-corrected chi connectivity index (χ1v) is 18.8. The molecule has 0 bridgehead atoms. The lowest BCUT2D eigenvalue weighted by Crippen LogP contribution is -2.63. The average Bonchev–Trinajstić information content (AvgIpc) is 3.15. The third-order valence-electron chi connectivity index (χ3n) is 7.17. The number of para-hydroxylation sites is 2. The maximum Gasteiger partial charge on any atom is 0.388 e. The summed E-state index contributed by atoms with van der Waals surface area (Å²) in [6.07, 6.45) is -7.43. The van der Waals surface area contributed by atoms with Crippen LogP contribution in [0.2, 0.25) is 0 Å². The second kappa shape index (κ2) is 24.4. The van der Waals surface area contributed by atoms with Crippen LogP contribution in [0, 0.1) is 0 Å². The van der Waals surface area contributed by atoms with Crippen molar-refractivity contribution in [1.29, 1.82) is 0 Å². The maximum atomic E-state index is 14.3. The number of hydrogen-bond acceptors (Lipinski definition) is 19. The minimum atomic E-state index is -4.09. The normalized spacial score (nSPS) is 19.8. The van der Waals surface area contributed by atoms with E-state index >= 15 is 0 Å². The highest BCUT2D eigenvalue weighted by Gasteiger charge is 2.53. The van der Waals surface area contributed by atoms with Gasteiger partial charge in [0.25, 0.3) is 0 Å². The van der Waals surface area contributed by atoms with E-state index in [0.29, 0.717) is 12.2 Å². The minimum Gasteiger partial charge on any atom is -0.463 e. The number of nitrogens with zero attached hydrogens (tertiary/aromatic N) is 4. The molecule has 1 heterocycles. The van der Waals surface area contributed by atoms with Gasteiger partial charge in [0.1, 0.15) is 18.5 Å². The second-order valence-corrected chi connectivity index (χ2v) is 13.1. The first-order chi connectivity index (χ1) is 27.3. The van der Waals surface area contributed by atoms with Crippen molar-refractivity contribution in [3.63, 3.8) is 0 Å². The number of aliphatic hydroxyl groups excluding tert-OH is 1. The standard InChI is InChI=1S/C35H46N4O17S/c1-23(41)49-22-31-32(50-24(2)42)33(51-25(3)43)34(52-26(4)44)35(54-31)53-29-7-5-6-8-30(29)56-57(45,55-28-11-9-27(21-40)10-12-28)38-14-16-47-18-20-48-19-17-46-15-13-37-39-36/h5-12,31-35,40H,13-22H2,1-4H3/t31-,32+,33+,34-,35-,57?/m1/s1. The van der Waals surface area contributed by atoms with Crippen LogP contribution in [-0.2, 0) is 74.0 Å². The van der Waals surface area contributed by atoms with E-state index in [1.54, 1.807) is 12.1 Å². The SMILES string of the molecule is CC(=O)OC[C@H]1O[C@@H](Oc2ccccc2OS(=O)(=NCCOCCOCCOCCN=[N+]=[N-])Oc2ccc(CO)cc2)[C@H](OC(C)=O)[C@@H](OC(C)=O)[C@H]1OC(C)=O. The molecular formula is C35H46N4O17S. The predicted octanol–water partition coefficient (Wildman–Crippen LogP) is 2.76. The Labute approximate surface area is 328 Å². The Balaban J connectivity index is 1.86. The van der Waals surface area contributed by atoms with E-state index in [2.05, 4.69) is 14.4 Å². The van der Waals surface area contributed by atoms with Crippen LogP contribution in [0.15, 0.2) is 58.0 Å². The van der Waals surface area contributed by atoms with Gasteiger partial charge in [-0.2, -0.15) is 8.57 Å². The maximum absolute atomic E-state index is 14.3. The van der Waals surface area contributed by atoms with Crippen LogP contribution in [0.1, 0.15) is 33.3 Å². The molecule has 1 aliphatic rings. The van der Waals surface area contributed by atoms with Gasteiger partial charge in [-0.3, -0.25) is 19.2 Å². The third-order valence-corrected chi connectivity index (χ3v) is 8.46. The van der Waals surface area contributed by atoms with Crippen molar-refractivity contribution in [2.24, 2.45) is 9.48 Å². The van der Waals surface area contributed by atoms with Gasteiger partial charge < -0.3 is 56.1 Å². The fraction of sp³-hybridized carbons (Fsp3) is 0.543. The number of rotatable bonds is 24. The van der Waals surface area contributed by atoms with E-state index in [1.165, 1.54) is 36.4 Å². The smallest absolute Gasteiger partial charge is 0.388 e. The molecule has 6 atom stereocenters. The van der Waals surface area contributed by atoms with E-state index < -0.39 is 71.5 Å². The molecular weight excluding hydrogens is 780 g/mol. The second-order valence-electron chi connectivity index (χ2n) is 11.7. The fourth-order valence-corrected chi connectivity index (χ4v) is 6.04. The molecule has 0 saturated carbocycles. The molecule has 57 heavy (non-hydrogen) atoms. The molecule has 1 unspecified atom stereocenters. The van der Waals surface area contributed by atoms with Gasteiger partial charge in [-0.05, 0) is 35.4 Å². The van der Waals surface area contributed by atoms with Crippen molar-refractivity contribution in [2.45, 2.75) is 65.0 Å². The lowest BCUT2D eigenvalue weighted by Gasteiger charge is -2.43. The molecule has 0 amide bonds. The van der Waals surface area contributed by atoms with Crippen LogP contribution in [0.3, 0.4) is 0 Å². The Morgan fingerprint density at radius 3 is 1.88 bits per heavy atom. The van der Waals surface area contributed by atoms with Crippen molar-refractivity contribution in [3.05, 3.63) is 64.5 Å². The molecule has 1 aliphatic heterocycles. The molecule has 2 aromatic carbocycles. The Morgan fingerprint density at radius 1 is 0.737 bits per heavy atom. The van der Waals surface area contributed by atoms with Gasteiger partial charge in [-0.15, -0.1) is 0 Å². The van der Waals surface area contributed by atoms with Crippen LogP contribution in [0.4, 0.5) is 0 Å². The van der Waals surface area contributed by atoms with Crippen LogP contribution in [0.25, 0.3) is 10.4 Å². The van der Waals surface area contributed by atoms with E-state index in [9.17, 15) is 28.5 Å². The number of hydrogen-bond donors (Lipinski definition) is 1. The summed E-state index contributed by atoms with van der Waals surface area (Å²) in [5.74, 6) is -3.45. The third kappa shape index (κ3) is 16.8. The average molecular weight is 827 g/mol. The number of ether oxygens (including phenoxy) is 9. The molecule has 0 radical (unpaired) electrons. The molecule has 2 aromatic rings. The van der Waals surface area contributed by atoms with Crippen LogP contribution >= 0.6 is 0 Å². The summed E-state index contributed by atoms with van der Waals surface area (Å²) in [5, 5.41) is 12.8. The summed E-state index contributed by atoms with van der Waals surface area (Å²) in [5.41, 5.74) is 8.83. The highest BCUT2D eigenvalue weighted by atomic mass is 32.2. The highest BCUT2D eigenvalue weighted by molar-refractivity contribution is 7.85. The van der Waals surface area contributed by atoms with E-state index in [4.69, 9.17) is 56.5 Å². The first-order valence-electron chi connectivity index (χ1n) is 17.5. The molecule has 0 aliphatic carbocycles. The largest absolute Gasteiger partial charge is 0.463 e. The number of aliphatic hydroxyl groups is 1. The van der Waals surface area contributed by atoms with Crippen LogP contribution in [-0.4, -0.2) is 123 Å². The van der Waals surface area contributed by atoms with Crippen LogP contribution in [0.5, 0.6) is 17.2 Å². The summed E-state index contributed by atoms with van der Waals surface area (Å²) in [6.45, 7) is 4.94. The van der Waals surface area contributed by atoms with Crippen molar-refractivity contribution < 1.29 is 79.5 Å². The quantitative estimate of drug-likeness (QED) is 0.0398. The topological polar surface area (TPSA) is 268 Å². The van der Waals surface area contributed by atoms with Crippen molar-refractivity contribution in [2.75, 3.05) is 59.3 Å². The van der Waals surface area contributed by atoms with Gasteiger partial charge in [-0.1, -0.05) is 29.4 Å². The number of benzene rings is 2. The van der Waals surface area contributed by atoms with E-state index in [-0.39, 0.29) is 70.0 Å². The van der Waals surface area contributed by atoms with Gasteiger partial charge in [-0.25, -0.2) is 0 Å². The molecule has 0 aromatic heterocycles.